The fourth-order valence-electron chi connectivity index (χ4n) is 2.94. The topological polar surface area (TPSA) is 50.7 Å². The number of rotatable bonds is 6. The predicted octanol–water partition coefficient (Wildman–Crippen LogP) is 5.23. The van der Waals surface area contributed by atoms with Crippen LogP contribution in [0.4, 0.5) is 5.82 Å². The van der Waals surface area contributed by atoms with Crippen LogP contribution in [0.25, 0.3) is 21.7 Å². The molecule has 0 aliphatic heterocycles. The van der Waals surface area contributed by atoms with Crippen molar-refractivity contribution in [3.63, 3.8) is 0 Å². The summed E-state index contributed by atoms with van der Waals surface area (Å²) < 4.78 is 0. The Bertz CT molecular complexity index is 1010. The first-order chi connectivity index (χ1) is 13.3. The van der Waals surface area contributed by atoms with E-state index >= 15 is 0 Å². The highest BCUT2D eigenvalue weighted by molar-refractivity contribution is 7.13. The van der Waals surface area contributed by atoms with Gasteiger partial charge in [0, 0.05) is 41.0 Å². The maximum atomic E-state index is 4.61. The number of aromatic nitrogens is 3. The summed E-state index contributed by atoms with van der Waals surface area (Å²) in [4.78, 5) is 14.7. The Labute approximate surface area is 163 Å². The lowest BCUT2D eigenvalue weighted by molar-refractivity contribution is 0.983. The van der Waals surface area contributed by atoms with Gasteiger partial charge >= 0.3 is 0 Å². The second-order valence-corrected chi connectivity index (χ2v) is 7.24. The average molecular weight is 372 g/mol. The maximum absolute atomic E-state index is 4.61. The van der Waals surface area contributed by atoms with Crippen molar-refractivity contribution in [1.29, 1.82) is 0 Å². The van der Waals surface area contributed by atoms with Crippen molar-refractivity contribution >= 4 is 17.2 Å². The first kappa shape index (κ1) is 17.4. The summed E-state index contributed by atoms with van der Waals surface area (Å²) in [6, 6.07) is 18.7. The van der Waals surface area contributed by atoms with Crippen LogP contribution in [0.5, 0.6) is 0 Å². The number of anilines is 1. The van der Waals surface area contributed by atoms with Crippen LogP contribution in [0.3, 0.4) is 0 Å². The molecular formula is C22H20N4S. The third kappa shape index (κ3) is 4.38. The highest BCUT2D eigenvalue weighted by Crippen LogP contribution is 2.28. The zero-order chi connectivity index (χ0) is 18.5. The minimum absolute atomic E-state index is 0.747. The quantitative estimate of drug-likeness (QED) is 0.503. The van der Waals surface area contributed by atoms with Gasteiger partial charge in [-0.05, 0) is 36.4 Å². The third-order valence-corrected chi connectivity index (χ3v) is 5.16. The SMILES string of the molecule is Cc1nc(NCCc2ccccc2)cc(-c2cncc(-c3cccs3)c2)n1. The largest absolute Gasteiger partial charge is 0.370 e. The van der Waals surface area contributed by atoms with E-state index in [9.17, 15) is 0 Å². The molecule has 134 valence electrons. The zero-order valence-electron chi connectivity index (χ0n) is 15.1. The second kappa shape index (κ2) is 8.10. The summed E-state index contributed by atoms with van der Waals surface area (Å²) in [6.45, 7) is 2.75. The van der Waals surface area contributed by atoms with Crippen LogP contribution in [0, 0.1) is 6.92 Å². The van der Waals surface area contributed by atoms with E-state index in [-0.39, 0.29) is 0 Å². The highest BCUT2D eigenvalue weighted by Gasteiger charge is 2.07. The van der Waals surface area contributed by atoms with Crippen LogP contribution in [-0.4, -0.2) is 21.5 Å². The van der Waals surface area contributed by atoms with Gasteiger partial charge in [0.15, 0.2) is 0 Å². The molecule has 0 spiro atoms. The maximum Gasteiger partial charge on any atom is 0.130 e. The number of nitrogens with one attached hydrogen (secondary N) is 1. The smallest absolute Gasteiger partial charge is 0.130 e. The molecule has 27 heavy (non-hydrogen) atoms. The van der Waals surface area contributed by atoms with E-state index in [0.717, 1.165) is 41.4 Å². The van der Waals surface area contributed by atoms with Crippen molar-refractivity contribution in [3.8, 4) is 21.7 Å². The van der Waals surface area contributed by atoms with Gasteiger partial charge in [-0.1, -0.05) is 36.4 Å². The number of thiophene rings is 1. The van der Waals surface area contributed by atoms with E-state index < -0.39 is 0 Å². The minimum Gasteiger partial charge on any atom is -0.370 e. The second-order valence-electron chi connectivity index (χ2n) is 6.29. The van der Waals surface area contributed by atoms with Gasteiger partial charge in [-0.2, -0.15) is 0 Å². The molecule has 0 atom stereocenters. The molecule has 0 aliphatic carbocycles. The molecule has 1 N–H and O–H groups in total. The number of aryl methyl sites for hydroxylation is 1. The van der Waals surface area contributed by atoms with Gasteiger partial charge < -0.3 is 5.32 Å². The number of nitrogens with zero attached hydrogens (tertiary/aromatic N) is 3. The summed E-state index contributed by atoms with van der Waals surface area (Å²) in [5, 5.41) is 5.49. The fourth-order valence-corrected chi connectivity index (χ4v) is 3.65. The zero-order valence-corrected chi connectivity index (χ0v) is 15.9. The normalized spacial score (nSPS) is 10.7. The molecule has 0 unspecified atom stereocenters. The molecule has 0 saturated heterocycles. The van der Waals surface area contributed by atoms with Crippen LogP contribution in [-0.2, 0) is 6.42 Å². The van der Waals surface area contributed by atoms with Crippen molar-refractivity contribution in [2.75, 3.05) is 11.9 Å². The lowest BCUT2D eigenvalue weighted by Gasteiger charge is -2.09. The molecule has 0 bridgehead atoms. The molecular weight excluding hydrogens is 352 g/mol. The number of hydrogen-bond acceptors (Lipinski definition) is 5. The Hall–Kier alpha value is -3.05. The summed E-state index contributed by atoms with van der Waals surface area (Å²) in [5.74, 6) is 1.59. The molecule has 4 aromatic rings. The Morgan fingerprint density at radius 3 is 2.59 bits per heavy atom. The Morgan fingerprint density at radius 1 is 0.926 bits per heavy atom. The molecule has 0 amide bonds. The molecule has 0 fully saturated rings. The molecule has 3 heterocycles. The molecule has 3 aromatic heterocycles. The Morgan fingerprint density at radius 2 is 1.78 bits per heavy atom. The van der Waals surface area contributed by atoms with E-state index in [2.05, 4.69) is 68.1 Å². The minimum atomic E-state index is 0.747. The van der Waals surface area contributed by atoms with Crippen LogP contribution in [0.2, 0.25) is 0 Å². The van der Waals surface area contributed by atoms with Gasteiger partial charge in [0.05, 0.1) is 5.69 Å². The van der Waals surface area contributed by atoms with Gasteiger partial charge in [0.2, 0.25) is 0 Å². The van der Waals surface area contributed by atoms with Crippen molar-refractivity contribution in [2.45, 2.75) is 13.3 Å². The molecule has 0 aliphatic rings. The van der Waals surface area contributed by atoms with Crippen molar-refractivity contribution in [3.05, 3.63) is 83.8 Å². The summed E-state index contributed by atoms with van der Waals surface area (Å²) in [7, 11) is 0. The summed E-state index contributed by atoms with van der Waals surface area (Å²) in [5.41, 5.74) is 4.30. The predicted molar refractivity (Wildman–Crippen MR) is 112 cm³/mol. The van der Waals surface area contributed by atoms with Crippen LogP contribution < -0.4 is 5.32 Å². The van der Waals surface area contributed by atoms with E-state index in [1.807, 2.05) is 31.5 Å². The lowest BCUT2D eigenvalue weighted by atomic mass is 10.1. The van der Waals surface area contributed by atoms with E-state index in [1.165, 1.54) is 10.4 Å². The first-order valence-corrected chi connectivity index (χ1v) is 9.79. The number of hydrogen-bond donors (Lipinski definition) is 1. The van der Waals surface area contributed by atoms with Crippen molar-refractivity contribution in [2.24, 2.45) is 0 Å². The molecule has 4 rings (SSSR count). The monoisotopic (exact) mass is 372 g/mol. The van der Waals surface area contributed by atoms with E-state index in [4.69, 9.17) is 0 Å². The van der Waals surface area contributed by atoms with Gasteiger partial charge in [-0.25, -0.2) is 9.97 Å². The number of pyridine rings is 1. The fraction of sp³-hybridized carbons (Fsp3) is 0.136. The number of benzene rings is 1. The Balaban J connectivity index is 1.53. The molecule has 5 heteroatoms. The van der Waals surface area contributed by atoms with Crippen LogP contribution in [0.1, 0.15) is 11.4 Å². The average Bonchev–Trinajstić information content (AvgIpc) is 3.23. The van der Waals surface area contributed by atoms with Gasteiger partial charge in [0.1, 0.15) is 11.6 Å². The van der Waals surface area contributed by atoms with Gasteiger partial charge in [0.25, 0.3) is 0 Å². The first-order valence-electron chi connectivity index (χ1n) is 8.91. The molecule has 1 aromatic carbocycles. The standard InChI is InChI=1S/C22H20N4S/c1-16-25-20(18-12-19(15-23-14-18)21-8-5-11-27-21)13-22(26-16)24-10-9-17-6-3-2-4-7-17/h2-8,11-15H,9-10H2,1H3,(H,24,25,26). The van der Waals surface area contributed by atoms with Crippen LogP contribution >= 0.6 is 11.3 Å². The summed E-state index contributed by atoms with van der Waals surface area (Å²) in [6.07, 6.45) is 4.70. The molecule has 4 nitrogen and oxygen atoms in total. The third-order valence-electron chi connectivity index (χ3n) is 4.24. The summed E-state index contributed by atoms with van der Waals surface area (Å²) >= 11 is 1.71. The van der Waals surface area contributed by atoms with E-state index in [1.54, 1.807) is 11.3 Å². The van der Waals surface area contributed by atoms with Gasteiger partial charge in [-0.15, -0.1) is 11.3 Å². The molecule has 0 radical (unpaired) electrons. The highest BCUT2D eigenvalue weighted by atomic mass is 32.1. The van der Waals surface area contributed by atoms with Gasteiger partial charge in [-0.3, -0.25) is 4.98 Å². The lowest BCUT2D eigenvalue weighted by Crippen LogP contribution is -2.07. The van der Waals surface area contributed by atoms with Crippen molar-refractivity contribution < 1.29 is 0 Å². The Kier molecular flexibility index (Phi) is 5.21. The molecule has 0 saturated carbocycles. The van der Waals surface area contributed by atoms with Crippen molar-refractivity contribution in [1.82, 2.24) is 15.0 Å². The van der Waals surface area contributed by atoms with E-state index in [0.29, 0.717) is 0 Å². The van der Waals surface area contributed by atoms with Crippen LogP contribution in [0.15, 0.2) is 72.4 Å².